The summed E-state index contributed by atoms with van der Waals surface area (Å²) in [5.41, 5.74) is -0.146. The number of amides is 1. The maximum atomic E-state index is 11.7. The highest BCUT2D eigenvalue weighted by molar-refractivity contribution is 5.76. The largest absolute Gasteiger partial charge is 0.467 e. The number of nitrogens with zero attached hydrogens (tertiary/aromatic N) is 3. The fraction of sp³-hybridized carbons (Fsp3) is 0.273. The van der Waals surface area contributed by atoms with E-state index in [0.717, 1.165) is 6.20 Å². The lowest BCUT2D eigenvalue weighted by Gasteiger charge is -2.11. The first-order valence-electron chi connectivity index (χ1n) is 5.56. The normalized spacial score (nSPS) is 12.1. The van der Waals surface area contributed by atoms with Crippen LogP contribution in [0.1, 0.15) is 18.7 Å². The summed E-state index contributed by atoms with van der Waals surface area (Å²) in [5.74, 6) is 0.335. The van der Waals surface area contributed by atoms with Gasteiger partial charge in [-0.05, 0) is 19.1 Å². The van der Waals surface area contributed by atoms with Gasteiger partial charge in [-0.2, -0.15) is 5.10 Å². The van der Waals surface area contributed by atoms with Crippen molar-refractivity contribution in [1.82, 2.24) is 15.1 Å². The van der Waals surface area contributed by atoms with Crippen LogP contribution in [0, 0.1) is 10.1 Å². The molecule has 2 aromatic heterocycles. The van der Waals surface area contributed by atoms with E-state index in [2.05, 4.69) is 10.4 Å². The summed E-state index contributed by atoms with van der Waals surface area (Å²) in [7, 11) is 0. The summed E-state index contributed by atoms with van der Waals surface area (Å²) in [6.07, 6.45) is 3.83. The second-order valence-corrected chi connectivity index (χ2v) is 3.96. The van der Waals surface area contributed by atoms with Crippen LogP contribution < -0.4 is 5.32 Å². The average molecular weight is 264 g/mol. The molecular formula is C11H12N4O4. The van der Waals surface area contributed by atoms with E-state index in [1.807, 2.05) is 0 Å². The highest BCUT2D eigenvalue weighted by Crippen LogP contribution is 2.12. The molecule has 8 nitrogen and oxygen atoms in total. The van der Waals surface area contributed by atoms with Crippen molar-refractivity contribution in [2.45, 2.75) is 19.5 Å². The summed E-state index contributed by atoms with van der Waals surface area (Å²) in [4.78, 5) is 21.6. The van der Waals surface area contributed by atoms with Gasteiger partial charge in [-0.1, -0.05) is 0 Å². The molecule has 0 saturated carbocycles. The summed E-state index contributed by atoms with van der Waals surface area (Å²) in [5, 5.41) is 16.9. The predicted molar refractivity (Wildman–Crippen MR) is 64.1 cm³/mol. The van der Waals surface area contributed by atoms with Crippen LogP contribution in [0.25, 0.3) is 0 Å². The minimum absolute atomic E-state index is 0.0844. The fourth-order valence-electron chi connectivity index (χ4n) is 1.58. The Bertz CT molecular complexity index is 575. The van der Waals surface area contributed by atoms with Crippen molar-refractivity contribution in [1.29, 1.82) is 0 Å². The van der Waals surface area contributed by atoms with Crippen molar-refractivity contribution in [2.24, 2.45) is 0 Å². The van der Waals surface area contributed by atoms with Crippen molar-refractivity contribution < 1.29 is 14.1 Å². The van der Waals surface area contributed by atoms with Crippen molar-refractivity contribution >= 4 is 11.6 Å². The molecule has 19 heavy (non-hydrogen) atoms. The first-order valence-corrected chi connectivity index (χ1v) is 5.56. The molecule has 2 heterocycles. The third kappa shape index (κ3) is 3.18. The minimum atomic E-state index is -0.563. The van der Waals surface area contributed by atoms with Gasteiger partial charge in [0.15, 0.2) is 0 Å². The molecule has 1 amide bonds. The number of carbonyl (C=O) groups excluding carboxylic acids is 1. The molecule has 2 aromatic rings. The summed E-state index contributed by atoms with van der Waals surface area (Å²) in [6, 6.07) is 3.21. The standard InChI is InChI=1S/C11H12N4O4/c1-8(10-3-2-4-19-10)13-11(16)7-14-6-9(5-12-14)15(17)18/h2-6,8H,7H2,1H3,(H,13,16)/t8-/m1/s1. The minimum Gasteiger partial charge on any atom is -0.467 e. The summed E-state index contributed by atoms with van der Waals surface area (Å²) in [6.45, 7) is 1.70. The number of hydrogen-bond donors (Lipinski definition) is 1. The van der Waals surface area contributed by atoms with Gasteiger partial charge in [-0.25, -0.2) is 0 Å². The Hall–Kier alpha value is -2.64. The van der Waals surface area contributed by atoms with Gasteiger partial charge >= 0.3 is 5.69 Å². The van der Waals surface area contributed by atoms with E-state index in [4.69, 9.17) is 4.42 Å². The monoisotopic (exact) mass is 264 g/mol. The number of nitro groups is 1. The molecule has 0 unspecified atom stereocenters. The zero-order valence-corrected chi connectivity index (χ0v) is 10.1. The number of carbonyl (C=O) groups is 1. The van der Waals surface area contributed by atoms with Crippen LogP contribution >= 0.6 is 0 Å². The Morgan fingerprint density at radius 1 is 1.68 bits per heavy atom. The lowest BCUT2D eigenvalue weighted by atomic mass is 10.2. The van der Waals surface area contributed by atoms with Gasteiger partial charge in [-0.3, -0.25) is 19.6 Å². The van der Waals surface area contributed by atoms with E-state index >= 15 is 0 Å². The molecule has 1 N–H and O–H groups in total. The van der Waals surface area contributed by atoms with E-state index in [9.17, 15) is 14.9 Å². The van der Waals surface area contributed by atoms with Gasteiger partial charge < -0.3 is 9.73 Å². The van der Waals surface area contributed by atoms with E-state index in [0.29, 0.717) is 5.76 Å². The quantitative estimate of drug-likeness (QED) is 0.646. The third-order valence-electron chi connectivity index (χ3n) is 2.48. The lowest BCUT2D eigenvalue weighted by Crippen LogP contribution is -2.30. The van der Waals surface area contributed by atoms with Gasteiger partial charge in [-0.15, -0.1) is 0 Å². The van der Waals surface area contributed by atoms with Crippen LogP contribution in [0.5, 0.6) is 0 Å². The van der Waals surface area contributed by atoms with Crippen LogP contribution in [0.2, 0.25) is 0 Å². The molecule has 0 aliphatic carbocycles. The number of hydrogen-bond acceptors (Lipinski definition) is 5. The molecule has 0 spiro atoms. The Morgan fingerprint density at radius 2 is 2.47 bits per heavy atom. The molecule has 100 valence electrons. The molecule has 0 aliphatic heterocycles. The van der Waals surface area contributed by atoms with Gasteiger partial charge in [0.2, 0.25) is 5.91 Å². The number of rotatable bonds is 5. The molecule has 0 saturated heterocycles. The molecule has 0 radical (unpaired) electrons. The molecule has 0 aromatic carbocycles. The van der Waals surface area contributed by atoms with Crippen LogP contribution in [-0.2, 0) is 11.3 Å². The van der Waals surface area contributed by atoms with Crippen molar-refractivity contribution in [3.8, 4) is 0 Å². The maximum absolute atomic E-state index is 11.7. The van der Waals surface area contributed by atoms with Gasteiger partial charge in [0, 0.05) is 0 Å². The highest BCUT2D eigenvalue weighted by Gasteiger charge is 2.14. The second-order valence-electron chi connectivity index (χ2n) is 3.96. The maximum Gasteiger partial charge on any atom is 0.307 e. The van der Waals surface area contributed by atoms with Crippen molar-refractivity contribution in [2.75, 3.05) is 0 Å². The van der Waals surface area contributed by atoms with E-state index in [1.54, 1.807) is 19.1 Å². The fourth-order valence-corrected chi connectivity index (χ4v) is 1.58. The predicted octanol–water partition coefficient (Wildman–Crippen LogP) is 1.26. The molecule has 2 rings (SSSR count). The first-order chi connectivity index (χ1) is 9.06. The smallest absolute Gasteiger partial charge is 0.307 e. The highest BCUT2D eigenvalue weighted by atomic mass is 16.6. The van der Waals surface area contributed by atoms with Crippen LogP contribution in [-0.4, -0.2) is 20.6 Å². The summed E-state index contributed by atoms with van der Waals surface area (Å²) >= 11 is 0. The van der Waals surface area contributed by atoms with E-state index < -0.39 is 4.92 Å². The van der Waals surface area contributed by atoms with Crippen LogP contribution in [0.15, 0.2) is 35.2 Å². The molecule has 0 fully saturated rings. The van der Waals surface area contributed by atoms with E-state index in [-0.39, 0.29) is 24.2 Å². The van der Waals surface area contributed by atoms with Crippen LogP contribution in [0.3, 0.4) is 0 Å². The van der Waals surface area contributed by atoms with E-state index in [1.165, 1.54) is 17.1 Å². The Labute approximate surface area is 108 Å². The van der Waals surface area contributed by atoms with Crippen molar-refractivity contribution in [3.05, 3.63) is 46.7 Å². The Kier molecular flexibility index (Phi) is 3.60. The first kappa shape index (κ1) is 12.8. The summed E-state index contributed by atoms with van der Waals surface area (Å²) < 4.78 is 6.37. The van der Waals surface area contributed by atoms with Gasteiger partial charge in [0.25, 0.3) is 0 Å². The molecular weight excluding hydrogens is 252 g/mol. The number of furan rings is 1. The van der Waals surface area contributed by atoms with Gasteiger partial charge in [0.05, 0.1) is 17.2 Å². The zero-order valence-electron chi connectivity index (χ0n) is 10.1. The molecule has 8 heteroatoms. The number of nitrogens with one attached hydrogen (secondary N) is 1. The molecule has 0 aliphatic rings. The zero-order chi connectivity index (χ0) is 13.8. The Morgan fingerprint density at radius 3 is 3.05 bits per heavy atom. The lowest BCUT2D eigenvalue weighted by molar-refractivity contribution is -0.385. The Balaban J connectivity index is 1.92. The number of aromatic nitrogens is 2. The SMILES string of the molecule is C[C@@H](NC(=O)Cn1cc([N+](=O)[O-])cn1)c1ccco1. The average Bonchev–Trinajstić information content (AvgIpc) is 2.98. The molecule has 1 atom stereocenters. The van der Waals surface area contributed by atoms with Gasteiger partial charge in [0.1, 0.15) is 24.7 Å². The third-order valence-corrected chi connectivity index (χ3v) is 2.48. The molecule has 0 bridgehead atoms. The second kappa shape index (κ2) is 5.34. The topological polar surface area (TPSA) is 103 Å². The van der Waals surface area contributed by atoms with Crippen LogP contribution in [0.4, 0.5) is 5.69 Å². The van der Waals surface area contributed by atoms with Crippen molar-refractivity contribution in [3.63, 3.8) is 0 Å².